The number of likely N-dealkylation sites (tertiary alicyclic amines) is 1. The van der Waals surface area contributed by atoms with E-state index in [1.165, 1.54) is 25.9 Å². The van der Waals surface area contributed by atoms with Crippen LogP contribution >= 0.6 is 0 Å². The van der Waals surface area contributed by atoms with Crippen LogP contribution in [0.5, 0.6) is 0 Å². The molecule has 1 unspecified atom stereocenters. The van der Waals surface area contributed by atoms with Gasteiger partial charge in [-0.1, -0.05) is 20.8 Å². The third kappa shape index (κ3) is 4.23. The Balaban J connectivity index is 2.42. The van der Waals surface area contributed by atoms with Crippen LogP contribution in [0.4, 0.5) is 0 Å². The zero-order valence-electron chi connectivity index (χ0n) is 12.2. The van der Waals surface area contributed by atoms with Gasteiger partial charge in [0.15, 0.2) is 0 Å². The maximum absolute atomic E-state index is 9.41. The summed E-state index contributed by atoms with van der Waals surface area (Å²) in [5.74, 6) is 0.841. The summed E-state index contributed by atoms with van der Waals surface area (Å²) in [4.78, 5) is 2.48. The smallest absolute Gasteiger partial charge is 0.0623 e. The van der Waals surface area contributed by atoms with Gasteiger partial charge >= 0.3 is 0 Å². The fourth-order valence-electron chi connectivity index (χ4n) is 2.66. The van der Waals surface area contributed by atoms with E-state index < -0.39 is 0 Å². The van der Waals surface area contributed by atoms with Crippen molar-refractivity contribution in [1.29, 1.82) is 0 Å². The number of aliphatic hydroxyl groups is 1. The number of nitrogens with one attached hydrogen (secondary N) is 1. The van der Waals surface area contributed by atoms with Crippen LogP contribution in [0, 0.1) is 11.3 Å². The van der Waals surface area contributed by atoms with E-state index in [1.807, 2.05) is 7.05 Å². The van der Waals surface area contributed by atoms with Crippen LogP contribution in [-0.2, 0) is 0 Å². The van der Waals surface area contributed by atoms with E-state index in [1.54, 1.807) is 0 Å². The largest absolute Gasteiger partial charge is 0.394 e. The Bertz CT molecular complexity index is 223. The monoisotopic (exact) mass is 242 g/mol. The Labute approximate surface area is 107 Å². The molecule has 0 bridgehead atoms. The molecule has 17 heavy (non-hydrogen) atoms. The zero-order valence-corrected chi connectivity index (χ0v) is 12.2. The highest BCUT2D eigenvalue weighted by Crippen LogP contribution is 2.34. The minimum Gasteiger partial charge on any atom is -0.394 e. The lowest BCUT2D eigenvalue weighted by atomic mass is 9.75. The molecule has 0 aliphatic carbocycles. The second-order valence-electron chi connectivity index (χ2n) is 6.89. The first-order chi connectivity index (χ1) is 7.80. The number of rotatable bonds is 4. The summed E-state index contributed by atoms with van der Waals surface area (Å²) in [6.45, 7) is 12.6. The standard InChI is InChI=1S/C14H30N2O/c1-13(2,3)12-6-8-16(9-7-12)10-14(4,11-17)15-5/h12,15,17H,6-11H2,1-5H3. The highest BCUT2D eigenvalue weighted by Gasteiger charge is 2.31. The van der Waals surface area contributed by atoms with Gasteiger partial charge in [0, 0.05) is 6.54 Å². The summed E-state index contributed by atoms with van der Waals surface area (Å²) in [6, 6.07) is 0. The van der Waals surface area contributed by atoms with E-state index in [2.05, 4.69) is 37.9 Å². The van der Waals surface area contributed by atoms with Crippen LogP contribution in [0.25, 0.3) is 0 Å². The molecule has 1 rings (SSSR count). The molecule has 0 spiro atoms. The molecule has 2 N–H and O–H groups in total. The van der Waals surface area contributed by atoms with E-state index in [0.717, 1.165) is 12.5 Å². The van der Waals surface area contributed by atoms with E-state index in [9.17, 15) is 5.11 Å². The third-order valence-electron chi connectivity index (χ3n) is 4.34. The Morgan fingerprint density at radius 3 is 2.06 bits per heavy atom. The summed E-state index contributed by atoms with van der Waals surface area (Å²) >= 11 is 0. The van der Waals surface area contributed by atoms with Gasteiger partial charge in [-0.3, -0.25) is 0 Å². The molecule has 0 aromatic heterocycles. The van der Waals surface area contributed by atoms with Crippen molar-refractivity contribution < 1.29 is 5.11 Å². The lowest BCUT2D eigenvalue weighted by Gasteiger charge is -2.41. The molecular weight excluding hydrogens is 212 g/mol. The number of likely N-dealkylation sites (N-methyl/N-ethyl adjacent to an activating group) is 1. The second kappa shape index (κ2) is 5.68. The molecular formula is C14H30N2O. The molecule has 0 radical (unpaired) electrons. The highest BCUT2D eigenvalue weighted by molar-refractivity contribution is 4.88. The van der Waals surface area contributed by atoms with Crippen LogP contribution in [0.1, 0.15) is 40.5 Å². The molecule has 0 amide bonds. The number of nitrogens with zero attached hydrogens (tertiary/aromatic N) is 1. The molecule has 1 aliphatic rings. The molecule has 3 heteroatoms. The molecule has 1 saturated heterocycles. The van der Waals surface area contributed by atoms with Crippen molar-refractivity contribution in [3.8, 4) is 0 Å². The van der Waals surface area contributed by atoms with Crippen molar-refractivity contribution in [3.63, 3.8) is 0 Å². The molecule has 1 fully saturated rings. The van der Waals surface area contributed by atoms with Crippen molar-refractivity contribution in [3.05, 3.63) is 0 Å². The average molecular weight is 242 g/mol. The van der Waals surface area contributed by atoms with E-state index >= 15 is 0 Å². The van der Waals surface area contributed by atoms with Gasteiger partial charge < -0.3 is 15.3 Å². The van der Waals surface area contributed by atoms with Crippen LogP contribution in [0.15, 0.2) is 0 Å². The Morgan fingerprint density at radius 1 is 1.18 bits per heavy atom. The third-order valence-corrected chi connectivity index (χ3v) is 4.34. The minimum atomic E-state index is -0.158. The van der Waals surface area contributed by atoms with Crippen molar-refractivity contribution >= 4 is 0 Å². The SMILES string of the molecule is CNC(C)(CO)CN1CCC(C(C)(C)C)CC1. The Morgan fingerprint density at radius 2 is 1.71 bits per heavy atom. The number of hydrogen-bond donors (Lipinski definition) is 2. The van der Waals surface area contributed by atoms with Gasteiger partial charge in [0.2, 0.25) is 0 Å². The maximum Gasteiger partial charge on any atom is 0.0623 e. The Kier molecular flexibility index (Phi) is 4.99. The van der Waals surface area contributed by atoms with Gasteiger partial charge in [0.05, 0.1) is 12.1 Å². The van der Waals surface area contributed by atoms with Gasteiger partial charge in [0.25, 0.3) is 0 Å². The molecule has 102 valence electrons. The summed E-state index contributed by atoms with van der Waals surface area (Å²) in [5, 5.41) is 12.6. The summed E-state index contributed by atoms with van der Waals surface area (Å²) < 4.78 is 0. The molecule has 0 aromatic carbocycles. The van der Waals surface area contributed by atoms with Gasteiger partial charge in [0.1, 0.15) is 0 Å². The van der Waals surface area contributed by atoms with Gasteiger partial charge in [-0.05, 0) is 51.2 Å². The average Bonchev–Trinajstić information content (AvgIpc) is 2.28. The van der Waals surface area contributed by atoms with E-state index in [4.69, 9.17) is 0 Å². The fraction of sp³-hybridized carbons (Fsp3) is 1.00. The molecule has 0 saturated carbocycles. The molecule has 0 aromatic rings. The first kappa shape index (κ1) is 14.9. The van der Waals surface area contributed by atoms with Crippen molar-refractivity contribution in [2.24, 2.45) is 11.3 Å². The molecule has 1 heterocycles. The summed E-state index contributed by atoms with van der Waals surface area (Å²) in [6.07, 6.45) is 2.57. The fourth-order valence-corrected chi connectivity index (χ4v) is 2.66. The van der Waals surface area contributed by atoms with Crippen molar-refractivity contribution in [2.45, 2.75) is 46.1 Å². The molecule has 1 atom stereocenters. The van der Waals surface area contributed by atoms with Crippen LogP contribution in [0.3, 0.4) is 0 Å². The summed E-state index contributed by atoms with van der Waals surface area (Å²) in [5.41, 5.74) is 0.282. The number of hydrogen-bond acceptors (Lipinski definition) is 3. The molecule has 3 nitrogen and oxygen atoms in total. The number of piperidine rings is 1. The lowest BCUT2D eigenvalue weighted by molar-refractivity contribution is 0.0734. The maximum atomic E-state index is 9.41. The normalized spacial score (nSPS) is 23.6. The summed E-state index contributed by atoms with van der Waals surface area (Å²) in [7, 11) is 1.93. The Hall–Kier alpha value is -0.120. The van der Waals surface area contributed by atoms with E-state index in [0.29, 0.717) is 5.41 Å². The quantitative estimate of drug-likeness (QED) is 0.788. The highest BCUT2D eigenvalue weighted by atomic mass is 16.3. The number of aliphatic hydroxyl groups excluding tert-OH is 1. The van der Waals surface area contributed by atoms with Crippen LogP contribution < -0.4 is 5.32 Å². The minimum absolute atomic E-state index is 0.158. The topological polar surface area (TPSA) is 35.5 Å². The van der Waals surface area contributed by atoms with Gasteiger partial charge in [-0.2, -0.15) is 0 Å². The zero-order chi connectivity index (χ0) is 13.1. The van der Waals surface area contributed by atoms with E-state index in [-0.39, 0.29) is 12.1 Å². The van der Waals surface area contributed by atoms with Crippen molar-refractivity contribution in [1.82, 2.24) is 10.2 Å². The van der Waals surface area contributed by atoms with Crippen molar-refractivity contribution in [2.75, 3.05) is 33.3 Å². The first-order valence-corrected chi connectivity index (χ1v) is 6.83. The van der Waals surface area contributed by atoms with Gasteiger partial charge in [-0.15, -0.1) is 0 Å². The predicted molar refractivity (Wildman–Crippen MR) is 73.2 cm³/mol. The van der Waals surface area contributed by atoms with Crippen LogP contribution in [0.2, 0.25) is 0 Å². The molecule has 1 aliphatic heterocycles. The second-order valence-corrected chi connectivity index (χ2v) is 6.89. The first-order valence-electron chi connectivity index (χ1n) is 6.83. The van der Waals surface area contributed by atoms with Gasteiger partial charge in [-0.25, -0.2) is 0 Å². The predicted octanol–water partition coefficient (Wildman–Crippen LogP) is 1.71. The van der Waals surface area contributed by atoms with Crippen LogP contribution in [-0.4, -0.2) is 48.8 Å². The lowest BCUT2D eigenvalue weighted by Crippen LogP contribution is -2.54.